The molecular formula is C15H23BrN4O. The van der Waals surface area contributed by atoms with Crippen LogP contribution in [0.1, 0.15) is 50.7 Å². The lowest BCUT2D eigenvalue weighted by Crippen LogP contribution is -2.26. The van der Waals surface area contributed by atoms with Crippen LogP contribution < -0.4 is 0 Å². The second-order valence-corrected chi connectivity index (χ2v) is 6.20. The van der Waals surface area contributed by atoms with E-state index < -0.39 is 0 Å². The highest BCUT2D eigenvalue weighted by Crippen LogP contribution is 2.29. The third kappa shape index (κ3) is 3.73. The summed E-state index contributed by atoms with van der Waals surface area (Å²) in [6, 6.07) is 0.169. The van der Waals surface area contributed by atoms with E-state index in [0.29, 0.717) is 6.42 Å². The maximum Gasteiger partial charge on any atom is 0.222 e. The number of aryl methyl sites for hydroxylation is 1. The smallest absolute Gasteiger partial charge is 0.222 e. The minimum Gasteiger partial charge on any atom is -0.346 e. The zero-order valence-corrected chi connectivity index (χ0v) is 14.6. The van der Waals surface area contributed by atoms with Gasteiger partial charge in [0.15, 0.2) is 0 Å². The molecule has 0 aromatic carbocycles. The fourth-order valence-electron chi connectivity index (χ4n) is 2.66. The third-order valence-corrected chi connectivity index (χ3v) is 4.49. The van der Waals surface area contributed by atoms with Gasteiger partial charge in [-0.25, -0.2) is 4.98 Å². The van der Waals surface area contributed by atoms with Gasteiger partial charge in [0, 0.05) is 32.6 Å². The second-order valence-electron chi connectivity index (χ2n) is 5.45. The van der Waals surface area contributed by atoms with E-state index in [1.54, 1.807) is 0 Å². The van der Waals surface area contributed by atoms with Crippen LogP contribution in [-0.4, -0.2) is 40.2 Å². The summed E-state index contributed by atoms with van der Waals surface area (Å²) in [4.78, 5) is 22.4. The highest BCUT2D eigenvalue weighted by atomic mass is 79.9. The maximum absolute atomic E-state index is 11.5. The summed E-state index contributed by atoms with van der Waals surface area (Å²) in [5, 5.41) is 0. The van der Waals surface area contributed by atoms with Crippen molar-refractivity contribution in [3.63, 3.8) is 0 Å². The molecule has 6 heteroatoms. The lowest BCUT2D eigenvalue weighted by atomic mass is 10.2. The highest BCUT2D eigenvalue weighted by Gasteiger charge is 2.21. The van der Waals surface area contributed by atoms with Crippen LogP contribution in [0.25, 0.3) is 0 Å². The van der Waals surface area contributed by atoms with E-state index in [2.05, 4.69) is 37.4 Å². The average Bonchev–Trinajstić information content (AvgIpc) is 2.80. The number of rotatable bonds is 6. The number of imidazole rings is 1. The van der Waals surface area contributed by atoms with Crippen molar-refractivity contribution in [2.45, 2.75) is 52.1 Å². The summed E-state index contributed by atoms with van der Waals surface area (Å²) in [5.41, 5.74) is 1.17. The van der Waals surface area contributed by atoms with Crippen molar-refractivity contribution >= 4 is 28.1 Å². The number of fused-ring (bicyclic) bond motifs is 1. The zero-order valence-electron chi connectivity index (χ0n) is 13.0. The predicted molar refractivity (Wildman–Crippen MR) is 87.7 cm³/mol. The molecule has 2 heterocycles. The number of halogens is 1. The number of unbranched alkanes of at least 4 members (excludes halogenated alkanes) is 1. The van der Waals surface area contributed by atoms with Gasteiger partial charge in [-0.2, -0.15) is 0 Å². The van der Waals surface area contributed by atoms with Crippen molar-refractivity contribution in [3.05, 3.63) is 16.1 Å². The van der Waals surface area contributed by atoms with Crippen molar-refractivity contribution in [2.24, 2.45) is 4.99 Å². The first-order valence-electron chi connectivity index (χ1n) is 7.55. The summed E-state index contributed by atoms with van der Waals surface area (Å²) in [7, 11) is 1.87. The third-order valence-electron chi connectivity index (χ3n) is 3.90. The molecule has 0 bridgehead atoms. The molecule has 5 nitrogen and oxygen atoms in total. The Balaban J connectivity index is 1.88. The minimum absolute atomic E-state index is 0.169. The Hall–Kier alpha value is -1.17. The van der Waals surface area contributed by atoms with Gasteiger partial charge in [-0.05, 0) is 35.7 Å². The fraction of sp³-hybridized carbons (Fsp3) is 0.667. The molecule has 1 aromatic rings. The Bertz CT molecular complexity index is 538. The van der Waals surface area contributed by atoms with Crippen LogP contribution in [0.4, 0.5) is 0 Å². The van der Waals surface area contributed by atoms with Gasteiger partial charge >= 0.3 is 0 Å². The van der Waals surface area contributed by atoms with Gasteiger partial charge in [0.1, 0.15) is 10.4 Å². The summed E-state index contributed by atoms with van der Waals surface area (Å²) >= 11 is 3.55. The molecule has 21 heavy (non-hydrogen) atoms. The molecule has 1 aliphatic rings. The quantitative estimate of drug-likeness (QED) is 0.737. The summed E-state index contributed by atoms with van der Waals surface area (Å²) in [6.07, 6.45) is 5.52. The van der Waals surface area contributed by atoms with Crippen molar-refractivity contribution in [3.8, 4) is 0 Å². The first kappa shape index (κ1) is 16.2. The molecule has 0 spiro atoms. The molecule has 1 unspecified atom stereocenters. The van der Waals surface area contributed by atoms with Crippen molar-refractivity contribution in [2.75, 3.05) is 13.6 Å². The van der Waals surface area contributed by atoms with Crippen molar-refractivity contribution < 1.29 is 4.79 Å². The molecule has 1 amide bonds. The number of nitrogens with zero attached hydrogens (tertiary/aromatic N) is 4. The van der Waals surface area contributed by atoms with Crippen LogP contribution >= 0.6 is 15.9 Å². The Morgan fingerprint density at radius 2 is 2.29 bits per heavy atom. The molecule has 1 atom stereocenters. The van der Waals surface area contributed by atoms with Crippen LogP contribution in [0.15, 0.2) is 9.60 Å². The van der Waals surface area contributed by atoms with E-state index in [0.717, 1.165) is 42.8 Å². The van der Waals surface area contributed by atoms with Gasteiger partial charge in [0.2, 0.25) is 5.91 Å². The molecule has 0 radical (unpaired) electrons. The molecule has 0 N–H and O–H groups in total. The highest BCUT2D eigenvalue weighted by molar-refractivity contribution is 9.10. The predicted octanol–water partition coefficient (Wildman–Crippen LogP) is 2.98. The summed E-state index contributed by atoms with van der Waals surface area (Å²) in [6.45, 7) is 5.61. The molecule has 116 valence electrons. The molecule has 2 rings (SSSR count). The molecular weight excluding hydrogens is 332 g/mol. The van der Waals surface area contributed by atoms with Gasteiger partial charge in [0.05, 0.1) is 18.3 Å². The minimum atomic E-state index is 0.169. The van der Waals surface area contributed by atoms with Gasteiger partial charge in [-0.1, -0.05) is 6.92 Å². The van der Waals surface area contributed by atoms with Crippen LogP contribution in [0.3, 0.4) is 0 Å². The van der Waals surface area contributed by atoms with E-state index >= 15 is 0 Å². The van der Waals surface area contributed by atoms with Crippen molar-refractivity contribution in [1.82, 2.24) is 14.5 Å². The lowest BCUT2D eigenvalue weighted by molar-refractivity contribution is -0.129. The number of hydrogen-bond donors (Lipinski definition) is 0. The van der Waals surface area contributed by atoms with E-state index in [1.807, 2.05) is 25.1 Å². The SMILES string of the molecule is CCC(=O)N(C)CCCCc1nc(Br)c2n1CC=NC2C. The summed E-state index contributed by atoms with van der Waals surface area (Å²) in [5.74, 6) is 1.32. The molecule has 0 saturated heterocycles. The van der Waals surface area contributed by atoms with Gasteiger partial charge in [-0.3, -0.25) is 9.79 Å². The van der Waals surface area contributed by atoms with Crippen LogP contribution in [-0.2, 0) is 17.8 Å². The zero-order chi connectivity index (χ0) is 15.4. The number of carbonyl (C=O) groups is 1. The van der Waals surface area contributed by atoms with E-state index in [1.165, 1.54) is 5.69 Å². The average molecular weight is 355 g/mol. The molecule has 0 aliphatic carbocycles. The van der Waals surface area contributed by atoms with Gasteiger partial charge in [0.25, 0.3) is 0 Å². The number of carbonyl (C=O) groups excluding carboxylic acids is 1. The standard InChI is InChI=1S/C15H23BrN4O/c1-4-13(21)19(3)9-6-5-7-12-18-15(16)14-11(2)17-8-10-20(12)14/h8,11H,4-7,9-10H2,1-3H3. The number of amides is 1. The molecule has 1 aromatic heterocycles. The van der Waals surface area contributed by atoms with Gasteiger partial charge in [-0.15, -0.1) is 0 Å². The monoisotopic (exact) mass is 354 g/mol. The largest absolute Gasteiger partial charge is 0.346 e. The Morgan fingerprint density at radius 3 is 3.00 bits per heavy atom. The fourth-order valence-corrected chi connectivity index (χ4v) is 3.41. The van der Waals surface area contributed by atoms with E-state index in [9.17, 15) is 4.79 Å². The molecule has 0 fully saturated rings. The van der Waals surface area contributed by atoms with Crippen LogP contribution in [0.2, 0.25) is 0 Å². The molecule has 0 saturated carbocycles. The lowest BCUT2D eigenvalue weighted by Gasteiger charge is -2.18. The first-order chi connectivity index (χ1) is 10.0. The van der Waals surface area contributed by atoms with Crippen LogP contribution in [0.5, 0.6) is 0 Å². The maximum atomic E-state index is 11.5. The van der Waals surface area contributed by atoms with Crippen LogP contribution in [0, 0.1) is 0 Å². The Labute approximate surface area is 134 Å². The second kappa shape index (κ2) is 7.20. The first-order valence-corrected chi connectivity index (χ1v) is 8.34. The normalized spacial score (nSPS) is 16.9. The topological polar surface area (TPSA) is 50.5 Å². The molecule has 1 aliphatic heterocycles. The van der Waals surface area contributed by atoms with E-state index in [4.69, 9.17) is 0 Å². The number of aromatic nitrogens is 2. The summed E-state index contributed by atoms with van der Waals surface area (Å²) < 4.78 is 3.17. The van der Waals surface area contributed by atoms with Gasteiger partial charge < -0.3 is 9.47 Å². The number of aliphatic imine (C=N–C) groups is 1. The number of hydrogen-bond acceptors (Lipinski definition) is 3. The Kier molecular flexibility index (Phi) is 5.56. The van der Waals surface area contributed by atoms with Crippen molar-refractivity contribution in [1.29, 1.82) is 0 Å². The Morgan fingerprint density at radius 1 is 1.52 bits per heavy atom. The van der Waals surface area contributed by atoms with E-state index in [-0.39, 0.29) is 11.9 Å².